The zero-order chi connectivity index (χ0) is 15.4. The first-order valence-electron chi connectivity index (χ1n) is 7.64. The van der Waals surface area contributed by atoms with Crippen molar-refractivity contribution in [3.05, 3.63) is 33.9 Å². The standard InChI is InChI=1S/C16H23NO4/c1-3-12-4-7-14(8-5-12)21-16-9-6-13(17(19)20)10-15(16)11(2)18/h6,9-12,14,18H,3-5,7-8H2,1-2H3. The summed E-state index contributed by atoms with van der Waals surface area (Å²) >= 11 is 0. The van der Waals surface area contributed by atoms with Crippen molar-refractivity contribution in [1.29, 1.82) is 0 Å². The number of aliphatic hydroxyl groups is 1. The Kier molecular flexibility index (Phi) is 5.17. The van der Waals surface area contributed by atoms with Gasteiger partial charge in [-0.2, -0.15) is 0 Å². The molecular weight excluding hydrogens is 270 g/mol. The number of nitro groups is 1. The summed E-state index contributed by atoms with van der Waals surface area (Å²) in [7, 11) is 0. The molecule has 0 aromatic heterocycles. The number of nitrogens with zero attached hydrogens (tertiary/aromatic N) is 1. The van der Waals surface area contributed by atoms with E-state index in [1.54, 1.807) is 13.0 Å². The van der Waals surface area contributed by atoms with Crippen molar-refractivity contribution in [3.8, 4) is 5.75 Å². The Morgan fingerprint density at radius 3 is 2.57 bits per heavy atom. The van der Waals surface area contributed by atoms with Crippen LogP contribution in [0.25, 0.3) is 0 Å². The number of non-ortho nitro benzene ring substituents is 1. The van der Waals surface area contributed by atoms with Gasteiger partial charge in [0, 0.05) is 17.7 Å². The molecule has 1 aliphatic carbocycles. The van der Waals surface area contributed by atoms with Gasteiger partial charge in [0.2, 0.25) is 0 Å². The second-order valence-corrected chi connectivity index (χ2v) is 5.82. The average Bonchev–Trinajstić information content (AvgIpc) is 2.48. The van der Waals surface area contributed by atoms with Crippen LogP contribution in [0.3, 0.4) is 0 Å². The monoisotopic (exact) mass is 293 g/mol. The number of benzene rings is 1. The molecule has 0 amide bonds. The van der Waals surface area contributed by atoms with Crippen LogP contribution in [0.1, 0.15) is 57.6 Å². The fourth-order valence-electron chi connectivity index (χ4n) is 2.92. The molecule has 0 bridgehead atoms. The molecule has 0 spiro atoms. The Labute approximate surface area is 125 Å². The van der Waals surface area contributed by atoms with Crippen LogP contribution in [-0.4, -0.2) is 16.1 Å². The van der Waals surface area contributed by atoms with Crippen LogP contribution < -0.4 is 4.74 Å². The van der Waals surface area contributed by atoms with E-state index in [1.165, 1.54) is 18.6 Å². The van der Waals surface area contributed by atoms with Gasteiger partial charge in [-0.15, -0.1) is 0 Å². The molecule has 5 nitrogen and oxygen atoms in total. The highest BCUT2D eigenvalue weighted by atomic mass is 16.6. The Balaban J connectivity index is 2.11. The van der Waals surface area contributed by atoms with E-state index in [9.17, 15) is 15.2 Å². The summed E-state index contributed by atoms with van der Waals surface area (Å²) in [6.45, 7) is 3.81. The summed E-state index contributed by atoms with van der Waals surface area (Å²) < 4.78 is 5.99. The molecule has 0 heterocycles. The fourth-order valence-corrected chi connectivity index (χ4v) is 2.92. The van der Waals surface area contributed by atoms with Crippen LogP contribution in [0.15, 0.2) is 18.2 Å². The van der Waals surface area contributed by atoms with Gasteiger partial charge in [-0.25, -0.2) is 0 Å². The zero-order valence-corrected chi connectivity index (χ0v) is 12.6. The highest BCUT2D eigenvalue weighted by molar-refractivity contribution is 5.44. The Hall–Kier alpha value is -1.62. The lowest BCUT2D eigenvalue weighted by molar-refractivity contribution is -0.385. The lowest BCUT2D eigenvalue weighted by Crippen LogP contribution is -2.24. The summed E-state index contributed by atoms with van der Waals surface area (Å²) in [4.78, 5) is 10.4. The van der Waals surface area contributed by atoms with E-state index in [0.29, 0.717) is 11.3 Å². The van der Waals surface area contributed by atoms with E-state index in [2.05, 4.69) is 6.92 Å². The van der Waals surface area contributed by atoms with E-state index >= 15 is 0 Å². The highest BCUT2D eigenvalue weighted by Gasteiger charge is 2.23. The SMILES string of the molecule is CCC1CCC(Oc2ccc([N+](=O)[O-])cc2C(C)O)CC1. The predicted octanol–water partition coefficient (Wildman–Crippen LogP) is 4.00. The van der Waals surface area contributed by atoms with Crippen LogP contribution in [0, 0.1) is 16.0 Å². The van der Waals surface area contributed by atoms with Crippen molar-refractivity contribution in [2.24, 2.45) is 5.92 Å². The minimum atomic E-state index is -0.785. The number of hydrogen-bond donors (Lipinski definition) is 1. The van der Waals surface area contributed by atoms with Crippen LogP contribution in [-0.2, 0) is 0 Å². The van der Waals surface area contributed by atoms with E-state index in [0.717, 1.165) is 31.6 Å². The van der Waals surface area contributed by atoms with Gasteiger partial charge in [-0.3, -0.25) is 10.1 Å². The van der Waals surface area contributed by atoms with Gasteiger partial charge < -0.3 is 9.84 Å². The number of hydrogen-bond acceptors (Lipinski definition) is 4. The van der Waals surface area contributed by atoms with Crippen molar-refractivity contribution in [1.82, 2.24) is 0 Å². The molecule has 1 N–H and O–H groups in total. The van der Waals surface area contributed by atoms with Gasteiger partial charge in [0.15, 0.2) is 0 Å². The van der Waals surface area contributed by atoms with Crippen molar-refractivity contribution in [2.45, 2.75) is 58.2 Å². The Morgan fingerprint density at radius 2 is 2.05 bits per heavy atom. The van der Waals surface area contributed by atoms with Gasteiger partial charge in [-0.1, -0.05) is 13.3 Å². The third-order valence-corrected chi connectivity index (χ3v) is 4.32. The van der Waals surface area contributed by atoms with E-state index < -0.39 is 11.0 Å². The average molecular weight is 293 g/mol. The number of aliphatic hydroxyl groups excluding tert-OH is 1. The second-order valence-electron chi connectivity index (χ2n) is 5.82. The lowest BCUT2D eigenvalue weighted by atomic mass is 9.86. The number of nitro benzene ring substituents is 1. The zero-order valence-electron chi connectivity index (χ0n) is 12.6. The minimum Gasteiger partial charge on any atom is -0.490 e. The first-order valence-corrected chi connectivity index (χ1v) is 7.64. The molecule has 0 saturated heterocycles. The number of ether oxygens (including phenoxy) is 1. The van der Waals surface area contributed by atoms with Crippen LogP contribution >= 0.6 is 0 Å². The molecule has 1 aromatic rings. The molecule has 0 radical (unpaired) electrons. The minimum absolute atomic E-state index is 0.0204. The first-order chi connectivity index (χ1) is 10.0. The molecule has 1 atom stereocenters. The van der Waals surface area contributed by atoms with E-state index in [-0.39, 0.29) is 11.8 Å². The highest BCUT2D eigenvalue weighted by Crippen LogP contribution is 2.34. The molecular formula is C16H23NO4. The lowest BCUT2D eigenvalue weighted by Gasteiger charge is -2.29. The molecule has 1 unspecified atom stereocenters. The van der Waals surface area contributed by atoms with Crippen molar-refractivity contribution < 1.29 is 14.8 Å². The molecule has 21 heavy (non-hydrogen) atoms. The molecule has 1 aliphatic rings. The second kappa shape index (κ2) is 6.89. The Morgan fingerprint density at radius 1 is 1.38 bits per heavy atom. The maximum Gasteiger partial charge on any atom is 0.270 e. The summed E-state index contributed by atoms with van der Waals surface area (Å²) in [5.41, 5.74) is 0.467. The van der Waals surface area contributed by atoms with Gasteiger partial charge in [-0.05, 0) is 44.6 Å². The summed E-state index contributed by atoms with van der Waals surface area (Å²) in [5, 5.41) is 20.6. The maximum atomic E-state index is 10.8. The quantitative estimate of drug-likeness (QED) is 0.658. The third kappa shape index (κ3) is 3.94. The molecule has 1 aromatic carbocycles. The van der Waals surface area contributed by atoms with Gasteiger partial charge in [0.1, 0.15) is 5.75 Å². The molecule has 2 rings (SSSR count). The third-order valence-electron chi connectivity index (χ3n) is 4.32. The number of rotatable bonds is 5. The summed E-state index contributed by atoms with van der Waals surface area (Å²) in [6.07, 6.45) is 4.92. The largest absolute Gasteiger partial charge is 0.490 e. The van der Waals surface area contributed by atoms with Gasteiger partial charge >= 0.3 is 0 Å². The predicted molar refractivity (Wildman–Crippen MR) is 80.4 cm³/mol. The van der Waals surface area contributed by atoms with Crippen LogP contribution in [0.2, 0.25) is 0 Å². The van der Waals surface area contributed by atoms with Gasteiger partial charge in [0.05, 0.1) is 17.1 Å². The topological polar surface area (TPSA) is 72.6 Å². The molecule has 0 aliphatic heterocycles. The summed E-state index contributed by atoms with van der Waals surface area (Å²) in [6, 6.07) is 4.43. The Bertz CT molecular complexity index is 493. The summed E-state index contributed by atoms with van der Waals surface area (Å²) in [5.74, 6) is 1.36. The van der Waals surface area contributed by atoms with Crippen molar-refractivity contribution >= 4 is 5.69 Å². The smallest absolute Gasteiger partial charge is 0.270 e. The van der Waals surface area contributed by atoms with Crippen molar-refractivity contribution in [2.75, 3.05) is 0 Å². The van der Waals surface area contributed by atoms with Crippen molar-refractivity contribution in [3.63, 3.8) is 0 Å². The molecule has 5 heteroatoms. The normalized spacial score (nSPS) is 23.6. The van der Waals surface area contributed by atoms with Crippen LogP contribution in [0.4, 0.5) is 5.69 Å². The fraction of sp³-hybridized carbons (Fsp3) is 0.625. The molecule has 1 saturated carbocycles. The molecule has 1 fully saturated rings. The van der Waals surface area contributed by atoms with E-state index in [4.69, 9.17) is 4.74 Å². The first kappa shape index (κ1) is 15.8. The molecule has 116 valence electrons. The van der Waals surface area contributed by atoms with Crippen LogP contribution in [0.5, 0.6) is 5.75 Å². The van der Waals surface area contributed by atoms with E-state index in [1.807, 2.05) is 0 Å². The van der Waals surface area contributed by atoms with Gasteiger partial charge in [0.25, 0.3) is 5.69 Å². The maximum absolute atomic E-state index is 10.8.